The summed E-state index contributed by atoms with van der Waals surface area (Å²) in [7, 11) is 3.11. The second kappa shape index (κ2) is 6.11. The maximum Gasteiger partial charge on any atom is 0.358 e. The first-order valence-corrected chi connectivity index (χ1v) is 6.44. The number of rotatable bonds is 4. The summed E-state index contributed by atoms with van der Waals surface area (Å²) in [4.78, 5) is 11.2. The van der Waals surface area contributed by atoms with E-state index in [2.05, 4.69) is 20.3 Å². The van der Waals surface area contributed by atoms with Crippen molar-refractivity contribution in [2.45, 2.75) is 6.54 Å². The van der Waals surface area contributed by atoms with Crippen LogP contribution in [0.5, 0.6) is 0 Å². The SMILES string of the molecule is COC(=O)c1ccc(NCc2cc(Cl)c(Cl)n2C)nn1. The Bertz CT molecular complexity index is 625. The van der Waals surface area contributed by atoms with Gasteiger partial charge < -0.3 is 14.6 Å². The Morgan fingerprint density at radius 1 is 1.40 bits per heavy atom. The summed E-state index contributed by atoms with van der Waals surface area (Å²) >= 11 is 11.9. The van der Waals surface area contributed by atoms with Crippen molar-refractivity contribution in [3.05, 3.63) is 39.8 Å². The average Bonchev–Trinajstić information content (AvgIpc) is 2.72. The third-order valence-electron chi connectivity index (χ3n) is 2.73. The van der Waals surface area contributed by atoms with Crippen LogP contribution in [0.3, 0.4) is 0 Å². The molecule has 0 fully saturated rings. The molecule has 0 aliphatic carbocycles. The zero-order valence-electron chi connectivity index (χ0n) is 10.9. The van der Waals surface area contributed by atoms with Crippen molar-refractivity contribution >= 4 is 35.0 Å². The molecule has 2 aromatic heterocycles. The van der Waals surface area contributed by atoms with E-state index in [1.54, 1.807) is 16.7 Å². The molecule has 2 aromatic rings. The predicted molar refractivity (Wildman–Crippen MR) is 76.1 cm³/mol. The smallest absolute Gasteiger partial charge is 0.358 e. The largest absolute Gasteiger partial charge is 0.464 e. The van der Waals surface area contributed by atoms with E-state index >= 15 is 0 Å². The highest BCUT2D eigenvalue weighted by atomic mass is 35.5. The highest BCUT2D eigenvalue weighted by Gasteiger charge is 2.10. The van der Waals surface area contributed by atoms with Crippen molar-refractivity contribution in [3.8, 4) is 0 Å². The molecular weight excluding hydrogens is 303 g/mol. The van der Waals surface area contributed by atoms with Crippen LogP contribution in [0.15, 0.2) is 18.2 Å². The Kier molecular flexibility index (Phi) is 4.46. The van der Waals surface area contributed by atoms with Gasteiger partial charge >= 0.3 is 5.97 Å². The number of halogens is 2. The fourth-order valence-corrected chi connectivity index (χ4v) is 2.00. The van der Waals surface area contributed by atoms with Crippen molar-refractivity contribution in [3.63, 3.8) is 0 Å². The lowest BCUT2D eigenvalue weighted by molar-refractivity contribution is 0.0593. The Morgan fingerprint density at radius 2 is 2.15 bits per heavy atom. The maximum atomic E-state index is 11.2. The molecule has 8 heteroatoms. The Balaban J connectivity index is 2.04. The summed E-state index contributed by atoms with van der Waals surface area (Å²) < 4.78 is 6.31. The number of aromatic nitrogens is 3. The minimum atomic E-state index is -0.523. The van der Waals surface area contributed by atoms with Crippen LogP contribution in [-0.4, -0.2) is 27.8 Å². The Labute approximate surface area is 125 Å². The van der Waals surface area contributed by atoms with Crippen LogP contribution in [0.25, 0.3) is 0 Å². The fourth-order valence-electron chi connectivity index (χ4n) is 1.58. The molecule has 0 radical (unpaired) electrons. The Hall–Kier alpha value is -1.79. The van der Waals surface area contributed by atoms with Gasteiger partial charge in [-0.25, -0.2) is 4.79 Å². The first-order chi connectivity index (χ1) is 9.52. The topological polar surface area (TPSA) is 69.0 Å². The molecule has 0 spiro atoms. The van der Waals surface area contributed by atoms with Gasteiger partial charge in [0.05, 0.1) is 18.7 Å². The van der Waals surface area contributed by atoms with Crippen LogP contribution < -0.4 is 5.32 Å². The quantitative estimate of drug-likeness (QED) is 0.878. The molecule has 0 amide bonds. The van der Waals surface area contributed by atoms with Gasteiger partial charge in [-0.05, 0) is 18.2 Å². The summed E-state index contributed by atoms with van der Waals surface area (Å²) in [5, 5.41) is 11.7. The molecule has 20 heavy (non-hydrogen) atoms. The maximum absolute atomic E-state index is 11.2. The van der Waals surface area contributed by atoms with Crippen LogP contribution in [0.2, 0.25) is 10.2 Å². The molecule has 2 rings (SSSR count). The lowest BCUT2D eigenvalue weighted by Gasteiger charge is -2.06. The lowest BCUT2D eigenvalue weighted by Crippen LogP contribution is -2.09. The number of ether oxygens (including phenoxy) is 1. The summed E-state index contributed by atoms with van der Waals surface area (Å²) in [5.41, 5.74) is 1.06. The van der Waals surface area contributed by atoms with Gasteiger partial charge in [-0.15, -0.1) is 10.2 Å². The number of nitrogens with one attached hydrogen (secondary N) is 1. The number of carbonyl (C=O) groups excluding carboxylic acids is 1. The standard InChI is InChI=1S/C12H12Cl2N4O2/c1-18-7(5-8(13)11(18)14)6-15-10-4-3-9(16-17-10)12(19)20-2/h3-5H,6H2,1-2H3,(H,15,17). The molecular formula is C12H12Cl2N4O2. The van der Waals surface area contributed by atoms with E-state index in [1.807, 2.05) is 7.05 Å². The van der Waals surface area contributed by atoms with Crippen LogP contribution >= 0.6 is 23.2 Å². The minimum absolute atomic E-state index is 0.156. The molecule has 6 nitrogen and oxygen atoms in total. The van der Waals surface area contributed by atoms with Gasteiger partial charge in [-0.3, -0.25) is 0 Å². The number of carbonyl (C=O) groups is 1. The highest BCUT2D eigenvalue weighted by molar-refractivity contribution is 6.41. The van der Waals surface area contributed by atoms with E-state index in [0.717, 1.165) is 5.69 Å². The van der Waals surface area contributed by atoms with Crippen LogP contribution in [0, 0.1) is 0 Å². The van der Waals surface area contributed by atoms with E-state index in [9.17, 15) is 4.79 Å². The molecule has 0 saturated heterocycles. The molecule has 0 saturated carbocycles. The number of nitrogens with zero attached hydrogens (tertiary/aromatic N) is 3. The zero-order valence-corrected chi connectivity index (χ0v) is 12.4. The van der Waals surface area contributed by atoms with Crippen LogP contribution in [0.1, 0.15) is 16.2 Å². The molecule has 0 bridgehead atoms. The van der Waals surface area contributed by atoms with Gasteiger partial charge in [0.15, 0.2) is 5.69 Å². The molecule has 106 valence electrons. The molecule has 2 heterocycles. The highest BCUT2D eigenvalue weighted by Crippen LogP contribution is 2.25. The van der Waals surface area contributed by atoms with Crippen molar-refractivity contribution < 1.29 is 9.53 Å². The Morgan fingerprint density at radius 3 is 2.65 bits per heavy atom. The van der Waals surface area contributed by atoms with Crippen molar-refractivity contribution in [2.75, 3.05) is 12.4 Å². The van der Waals surface area contributed by atoms with Gasteiger partial charge in [-0.2, -0.15) is 0 Å². The van der Waals surface area contributed by atoms with Gasteiger partial charge in [0.2, 0.25) is 0 Å². The average molecular weight is 315 g/mol. The molecule has 0 aliphatic rings. The third-order valence-corrected chi connectivity index (χ3v) is 3.57. The fraction of sp³-hybridized carbons (Fsp3) is 0.250. The number of methoxy groups -OCH3 is 1. The van der Waals surface area contributed by atoms with E-state index in [4.69, 9.17) is 23.2 Å². The normalized spacial score (nSPS) is 10.4. The first kappa shape index (κ1) is 14.6. The van der Waals surface area contributed by atoms with Gasteiger partial charge in [0.1, 0.15) is 11.0 Å². The molecule has 1 N–H and O–H groups in total. The first-order valence-electron chi connectivity index (χ1n) is 5.68. The minimum Gasteiger partial charge on any atom is -0.464 e. The van der Waals surface area contributed by atoms with Crippen molar-refractivity contribution in [2.24, 2.45) is 7.05 Å². The lowest BCUT2D eigenvalue weighted by atomic mass is 10.3. The molecule has 0 atom stereocenters. The molecule has 0 unspecified atom stereocenters. The van der Waals surface area contributed by atoms with Crippen LogP contribution in [0.4, 0.5) is 5.82 Å². The monoisotopic (exact) mass is 314 g/mol. The second-order valence-electron chi connectivity index (χ2n) is 3.98. The number of anilines is 1. The zero-order chi connectivity index (χ0) is 14.7. The van der Waals surface area contributed by atoms with Gasteiger partial charge in [0, 0.05) is 12.7 Å². The summed E-state index contributed by atoms with van der Waals surface area (Å²) in [6.45, 7) is 0.481. The molecule has 0 aromatic carbocycles. The van der Waals surface area contributed by atoms with Crippen molar-refractivity contribution in [1.82, 2.24) is 14.8 Å². The third kappa shape index (κ3) is 3.02. The molecule has 0 aliphatic heterocycles. The predicted octanol–water partition coefficient (Wildman–Crippen LogP) is 2.52. The number of hydrogen-bond donors (Lipinski definition) is 1. The van der Waals surface area contributed by atoms with Gasteiger partial charge in [0.25, 0.3) is 0 Å². The summed E-state index contributed by atoms with van der Waals surface area (Å²) in [6.07, 6.45) is 0. The van der Waals surface area contributed by atoms with Crippen LogP contribution in [-0.2, 0) is 18.3 Å². The summed E-state index contributed by atoms with van der Waals surface area (Å²) in [5.74, 6) is 0.0103. The van der Waals surface area contributed by atoms with Gasteiger partial charge in [-0.1, -0.05) is 23.2 Å². The van der Waals surface area contributed by atoms with E-state index in [1.165, 1.54) is 13.2 Å². The number of esters is 1. The second-order valence-corrected chi connectivity index (χ2v) is 4.75. The van der Waals surface area contributed by atoms with Crippen molar-refractivity contribution in [1.29, 1.82) is 0 Å². The number of hydrogen-bond acceptors (Lipinski definition) is 5. The summed E-state index contributed by atoms with van der Waals surface area (Å²) in [6, 6.07) is 4.95. The van der Waals surface area contributed by atoms with E-state index in [0.29, 0.717) is 22.5 Å². The van der Waals surface area contributed by atoms with E-state index in [-0.39, 0.29) is 5.69 Å². The van der Waals surface area contributed by atoms with E-state index < -0.39 is 5.97 Å².